The minimum Gasteiger partial charge on any atom is -0.355 e. The molecule has 2 amide bonds. The molecular formula is C32H30Cl2FN3O4S. The van der Waals surface area contributed by atoms with Crippen molar-refractivity contribution in [2.75, 3.05) is 17.4 Å². The monoisotopic (exact) mass is 641 g/mol. The quantitative estimate of drug-likeness (QED) is 0.202. The van der Waals surface area contributed by atoms with Crippen LogP contribution in [0.1, 0.15) is 18.1 Å². The van der Waals surface area contributed by atoms with Crippen LogP contribution in [0.2, 0.25) is 10.0 Å². The molecular weight excluding hydrogens is 612 g/mol. The van der Waals surface area contributed by atoms with E-state index >= 15 is 4.39 Å². The summed E-state index contributed by atoms with van der Waals surface area (Å²) in [5.41, 5.74) is 1.05. The molecule has 0 saturated heterocycles. The number of hydrogen-bond donors (Lipinski definition) is 1. The van der Waals surface area contributed by atoms with Gasteiger partial charge in [0.2, 0.25) is 11.8 Å². The number of anilines is 1. The van der Waals surface area contributed by atoms with Crippen LogP contribution in [-0.2, 0) is 32.6 Å². The van der Waals surface area contributed by atoms with Crippen LogP contribution >= 0.6 is 23.2 Å². The van der Waals surface area contributed by atoms with E-state index in [4.69, 9.17) is 23.2 Å². The molecule has 43 heavy (non-hydrogen) atoms. The molecule has 1 atom stereocenters. The van der Waals surface area contributed by atoms with Crippen molar-refractivity contribution in [3.63, 3.8) is 0 Å². The van der Waals surface area contributed by atoms with Gasteiger partial charge in [0.25, 0.3) is 10.0 Å². The lowest BCUT2D eigenvalue weighted by Gasteiger charge is -2.34. The maximum Gasteiger partial charge on any atom is 0.264 e. The molecule has 11 heteroatoms. The zero-order valence-electron chi connectivity index (χ0n) is 23.3. The summed E-state index contributed by atoms with van der Waals surface area (Å²) in [6, 6.07) is 25.7. The third-order valence-electron chi connectivity index (χ3n) is 6.69. The Balaban J connectivity index is 1.81. The minimum atomic E-state index is -4.40. The molecule has 0 aliphatic heterocycles. The summed E-state index contributed by atoms with van der Waals surface area (Å²) in [7, 11) is -4.40. The Hall–Kier alpha value is -3.92. The van der Waals surface area contributed by atoms with Crippen LogP contribution < -0.4 is 9.62 Å². The molecule has 0 radical (unpaired) electrons. The average molecular weight is 643 g/mol. The van der Waals surface area contributed by atoms with Crippen molar-refractivity contribution in [1.82, 2.24) is 10.2 Å². The number of nitrogens with one attached hydrogen (secondary N) is 1. The summed E-state index contributed by atoms with van der Waals surface area (Å²) in [6.45, 7) is 1.20. The van der Waals surface area contributed by atoms with Crippen molar-refractivity contribution >= 4 is 50.7 Å². The van der Waals surface area contributed by atoms with Gasteiger partial charge in [-0.25, -0.2) is 12.8 Å². The second-order valence-corrected chi connectivity index (χ2v) is 12.3. The number of benzene rings is 4. The molecule has 4 rings (SSSR count). The normalized spacial score (nSPS) is 11.9. The molecule has 0 unspecified atom stereocenters. The van der Waals surface area contributed by atoms with E-state index in [0.717, 1.165) is 15.9 Å². The first kappa shape index (κ1) is 32.0. The van der Waals surface area contributed by atoms with Crippen LogP contribution in [0.4, 0.5) is 10.1 Å². The van der Waals surface area contributed by atoms with Gasteiger partial charge in [-0.3, -0.25) is 13.9 Å². The Morgan fingerprint density at radius 2 is 1.47 bits per heavy atom. The maximum atomic E-state index is 15.1. The predicted octanol–water partition coefficient (Wildman–Crippen LogP) is 6.10. The highest BCUT2D eigenvalue weighted by Crippen LogP contribution is 2.28. The smallest absolute Gasteiger partial charge is 0.264 e. The molecule has 7 nitrogen and oxygen atoms in total. The van der Waals surface area contributed by atoms with Crippen LogP contribution in [-0.4, -0.2) is 44.3 Å². The topological polar surface area (TPSA) is 86.8 Å². The number of carbonyl (C=O) groups excluding carboxylic acids is 2. The lowest BCUT2D eigenvalue weighted by molar-refractivity contribution is -0.140. The Bertz CT molecular complexity index is 1670. The van der Waals surface area contributed by atoms with E-state index in [9.17, 15) is 18.0 Å². The predicted molar refractivity (Wildman–Crippen MR) is 167 cm³/mol. The Kier molecular flexibility index (Phi) is 10.8. The number of halogens is 3. The molecule has 0 aliphatic rings. The Morgan fingerprint density at radius 1 is 0.837 bits per heavy atom. The summed E-state index contributed by atoms with van der Waals surface area (Å²) >= 11 is 12.4. The lowest BCUT2D eigenvalue weighted by atomic mass is 10.0. The maximum absolute atomic E-state index is 15.1. The summed E-state index contributed by atoms with van der Waals surface area (Å²) in [5, 5.41) is 3.35. The van der Waals surface area contributed by atoms with E-state index < -0.39 is 40.2 Å². The fourth-order valence-electron chi connectivity index (χ4n) is 4.57. The molecule has 0 bridgehead atoms. The number of nitrogens with zero attached hydrogens (tertiary/aromatic N) is 2. The number of para-hydroxylation sites is 1. The zero-order valence-corrected chi connectivity index (χ0v) is 25.6. The molecule has 1 N–H and O–H groups in total. The van der Waals surface area contributed by atoms with Crippen molar-refractivity contribution in [2.24, 2.45) is 0 Å². The molecule has 0 aliphatic carbocycles. The molecule has 0 saturated carbocycles. The molecule has 4 aromatic rings. The molecule has 224 valence electrons. The summed E-state index contributed by atoms with van der Waals surface area (Å²) in [4.78, 5) is 28.9. The first-order chi connectivity index (χ1) is 20.6. The summed E-state index contributed by atoms with van der Waals surface area (Å²) in [6.07, 6.45) is 0.144. The fourth-order valence-corrected chi connectivity index (χ4v) is 6.33. The second kappa shape index (κ2) is 14.5. The number of rotatable bonds is 12. The number of amides is 2. The number of carbonyl (C=O) groups is 2. The van der Waals surface area contributed by atoms with Gasteiger partial charge in [0, 0.05) is 19.5 Å². The largest absolute Gasteiger partial charge is 0.355 e. The highest BCUT2D eigenvalue weighted by molar-refractivity contribution is 7.92. The Labute approximate surface area is 260 Å². The minimum absolute atomic E-state index is 0.0964. The van der Waals surface area contributed by atoms with E-state index in [1.165, 1.54) is 47.4 Å². The van der Waals surface area contributed by atoms with E-state index in [0.29, 0.717) is 17.1 Å². The van der Waals surface area contributed by atoms with Crippen LogP contribution in [0.3, 0.4) is 0 Å². The van der Waals surface area contributed by atoms with Gasteiger partial charge in [-0.1, -0.05) is 89.9 Å². The van der Waals surface area contributed by atoms with Gasteiger partial charge < -0.3 is 10.2 Å². The number of likely N-dealkylation sites (N-methyl/N-ethyl adjacent to an activating group) is 1. The van der Waals surface area contributed by atoms with Crippen molar-refractivity contribution in [2.45, 2.75) is 30.8 Å². The fraction of sp³-hybridized carbons (Fsp3) is 0.188. The van der Waals surface area contributed by atoms with Gasteiger partial charge in [-0.2, -0.15) is 0 Å². The van der Waals surface area contributed by atoms with Crippen LogP contribution in [0, 0.1) is 5.82 Å². The van der Waals surface area contributed by atoms with E-state index in [2.05, 4.69) is 5.32 Å². The molecule has 4 aromatic carbocycles. The number of hydrogen-bond acceptors (Lipinski definition) is 4. The van der Waals surface area contributed by atoms with Crippen LogP contribution in [0.15, 0.2) is 108 Å². The van der Waals surface area contributed by atoms with Gasteiger partial charge in [-0.15, -0.1) is 0 Å². The van der Waals surface area contributed by atoms with Gasteiger partial charge in [0.1, 0.15) is 18.4 Å². The lowest BCUT2D eigenvalue weighted by Crippen LogP contribution is -2.53. The van der Waals surface area contributed by atoms with Crippen molar-refractivity contribution in [3.05, 3.63) is 130 Å². The molecule has 0 aromatic heterocycles. The second-order valence-electron chi connectivity index (χ2n) is 9.65. The van der Waals surface area contributed by atoms with E-state index in [-0.39, 0.29) is 28.6 Å². The Morgan fingerprint density at radius 3 is 2.09 bits per heavy atom. The van der Waals surface area contributed by atoms with Crippen molar-refractivity contribution in [1.29, 1.82) is 0 Å². The van der Waals surface area contributed by atoms with Gasteiger partial charge in [0.15, 0.2) is 0 Å². The summed E-state index contributed by atoms with van der Waals surface area (Å²) < 4.78 is 43.6. The van der Waals surface area contributed by atoms with Gasteiger partial charge in [0.05, 0.1) is 20.6 Å². The highest BCUT2D eigenvalue weighted by atomic mass is 35.5. The average Bonchev–Trinajstić information content (AvgIpc) is 3.00. The first-order valence-electron chi connectivity index (χ1n) is 13.5. The third kappa shape index (κ3) is 7.93. The highest BCUT2D eigenvalue weighted by Gasteiger charge is 2.35. The molecule has 0 heterocycles. The first-order valence-corrected chi connectivity index (χ1v) is 15.7. The standard InChI is InChI=1S/C32H30Cl2FN3O4S/c1-2-36-32(40)30(20-23-11-5-3-6-12-23)37(21-24-17-18-26(33)27(34)19-24)31(39)22-38(29-16-10-9-15-28(29)35)43(41,42)25-13-7-4-8-14-25/h3-19,30H,2,20-22H2,1H3,(H,36,40)/t30-/m1/s1. The SMILES string of the molecule is CCNC(=O)[C@@H](Cc1ccccc1)N(Cc1ccc(Cl)c(Cl)c1)C(=O)CN(c1ccccc1F)S(=O)(=O)c1ccccc1. The molecule has 0 spiro atoms. The molecule has 0 fully saturated rings. The van der Waals surface area contributed by atoms with Crippen LogP contribution in [0.25, 0.3) is 0 Å². The number of sulfonamides is 1. The zero-order chi connectivity index (χ0) is 31.0. The van der Waals surface area contributed by atoms with Gasteiger partial charge in [-0.05, 0) is 54.4 Å². The van der Waals surface area contributed by atoms with Crippen molar-refractivity contribution < 1.29 is 22.4 Å². The van der Waals surface area contributed by atoms with Crippen LogP contribution in [0.5, 0.6) is 0 Å². The van der Waals surface area contributed by atoms with Crippen molar-refractivity contribution in [3.8, 4) is 0 Å². The third-order valence-corrected chi connectivity index (χ3v) is 9.20. The summed E-state index contributed by atoms with van der Waals surface area (Å²) in [5.74, 6) is -1.97. The van der Waals surface area contributed by atoms with E-state index in [1.54, 1.807) is 31.2 Å². The van der Waals surface area contributed by atoms with Gasteiger partial charge >= 0.3 is 0 Å². The van der Waals surface area contributed by atoms with E-state index in [1.807, 2.05) is 30.3 Å².